The van der Waals surface area contributed by atoms with Gasteiger partial charge in [0, 0.05) is 6.07 Å². The van der Waals surface area contributed by atoms with Gasteiger partial charge < -0.3 is 10.5 Å². The van der Waals surface area contributed by atoms with Gasteiger partial charge in [0.1, 0.15) is 18.2 Å². The Morgan fingerprint density at radius 3 is 2.71 bits per heavy atom. The van der Waals surface area contributed by atoms with E-state index in [1.165, 1.54) is 12.1 Å². The summed E-state index contributed by atoms with van der Waals surface area (Å²) in [6, 6.07) is 10.8. The van der Waals surface area contributed by atoms with Crippen molar-refractivity contribution in [1.82, 2.24) is 0 Å². The lowest BCUT2D eigenvalue weighted by Crippen LogP contribution is -2.03. The van der Waals surface area contributed by atoms with E-state index in [9.17, 15) is 14.5 Å². The largest absolute Gasteiger partial charge is 0.489 e. The number of non-ortho nitro benzene ring substituents is 1. The number of hydrogen-bond donors (Lipinski definition) is 1. The van der Waals surface area contributed by atoms with Crippen molar-refractivity contribution in [3.05, 3.63) is 69.5 Å². The second-order valence-corrected chi connectivity index (χ2v) is 4.55. The molecule has 0 aliphatic rings. The molecule has 0 saturated heterocycles. The summed E-state index contributed by atoms with van der Waals surface area (Å²) >= 11 is 0. The fourth-order valence-electron chi connectivity index (χ4n) is 1.95. The summed E-state index contributed by atoms with van der Waals surface area (Å²) in [5, 5.41) is 10.7. The topological polar surface area (TPSA) is 78.4 Å². The maximum absolute atomic E-state index is 13.3. The third-order valence-electron chi connectivity index (χ3n) is 2.89. The maximum atomic E-state index is 13.3. The van der Waals surface area contributed by atoms with Crippen molar-refractivity contribution in [2.24, 2.45) is 5.73 Å². The molecule has 0 aromatic heterocycles. The lowest BCUT2D eigenvalue weighted by molar-refractivity contribution is -0.385. The van der Waals surface area contributed by atoms with Crippen LogP contribution < -0.4 is 10.5 Å². The van der Waals surface area contributed by atoms with Crippen LogP contribution in [0.2, 0.25) is 0 Å². The van der Waals surface area contributed by atoms with Crippen LogP contribution in [0.25, 0.3) is 0 Å². The van der Waals surface area contributed by atoms with Crippen molar-refractivity contribution >= 4 is 5.69 Å². The van der Waals surface area contributed by atoms with Crippen molar-refractivity contribution in [3.63, 3.8) is 0 Å². The number of rotatable bonds is 6. The predicted octanol–water partition coefficient (Wildman–Crippen LogP) is 2.81. The number of halogens is 1. The lowest BCUT2D eigenvalue weighted by atomic mass is 10.1. The molecule has 2 aromatic carbocycles. The minimum absolute atomic E-state index is 0.0602. The van der Waals surface area contributed by atoms with Crippen molar-refractivity contribution in [1.29, 1.82) is 0 Å². The van der Waals surface area contributed by atoms with Crippen LogP contribution in [-0.2, 0) is 13.0 Å². The zero-order chi connectivity index (χ0) is 15.2. The number of nitro groups is 1. The van der Waals surface area contributed by atoms with Crippen LogP contribution >= 0.6 is 0 Å². The molecule has 6 heteroatoms. The van der Waals surface area contributed by atoms with E-state index in [1.807, 2.05) is 18.2 Å². The number of nitrogens with zero attached hydrogens (tertiary/aromatic N) is 1. The van der Waals surface area contributed by atoms with Crippen LogP contribution in [0.5, 0.6) is 5.75 Å². The zero-order valence-corrected chi connectivity index (χ0v) is 11.3. The normalized spacial score (nSPS) is 10.4. The Morgan fingerprint density at radius 2 is 2.00 bits per heavy atom. The van der Waals surface area contributed by atoms with E-state index in [0.29, 0.717) is 17.9 Å². The van der Waals surface area contributed by atoms with Crippen molar-refractivity contribution < 1.29 is 14.1 Å². The van der Waals surface area contributed by atoms with Gasteiger partial charge in [-0.25, -0.2) is 4.39 Å². The highest BCUT2D eigenvalue weighted by Crippen LogP contribution is 2.19. The smallest absolute Gasteiger partial charge is 0.272 e. The number of nitro benzene ring substituents is 1. The highest BCUT2D eigenvalue weighted by molar-refractivity contribution is 5.35. The molecule has 0 unspecified atom stereocenters. The maximum Gasteiger partial charge on any atom is 0.272 e. The first kappa shape index (κ1) is 14.9. The molecular weight excluding hydrogens is 275 g/mol. The lowest BCUT2D eigenvalue weighted by Gasteiger charge is -2.08. The Hall–Kier alpha value is -2.47. The van der Waals surface area contributed by atoms with Crippen molar-refractivity contribution in [2.75, 3.05) is 6.54 Å². The molecule has 0 amide bonds. The van der Waals surface area contributed by atoms with Gasteiger partial charge in [0.2, 0.25) is 0 Å². The van der Waals surface area contributed by atoms with E-state index in [4.69, 9.17) is 10.5 Å². The van der Waals surface area contributed by atoms with Gasteiger partial charge in [0.05, 0.1) is 11.0 Å². The third kappa shape index (κ3) is 4.25. The molecule has 2 rings (SSSR count). The third-order valence-corrected chi connectivity index (χ3v) is 2.89. The Bertz CT molecular complexity index is 647. The molecule has 0 saturated carbocycles. The molecule has 0 spiro atoms. The monoisotopic (exact) mass is 290 g/mol. The minimum Gasteiger partial charge on any atom is -0.489 e. The molecule has 0 aliphatic heterocycles. The van der Waals surface area contributed by atoms with Crippen molar-refractivity contribution in [2.45, 2.75) is 13.0 Å². The Balaban J connectivity index is 2.09. The minimum atomic E-state index is -0.653. The van der Waals surface area contributed by atoms with E-state index in [0.717, 1.165) is 18.1 Å². The van der Waals surface area contributed by atoms with Crippen LogP contribution in [0.4, 0.5) is 10.1 Å². The Morgan fingerprint density at radius 1 is 1.19 bits per heavy atom. The Labute approximate surface area is 121 Å². The van der Waals surface area contributed by atoms with Gasteiger partial charge in [0.25, 0.3) is 5.69 Å². The number of benzene rings is 2. The molecule has 0 atom stereocenters. The first-order valence-corrected chi connectivity index (χ1v) is 6.44. The fraction of sp³-hybridized carbons (Fsp3) is 0.200. The fourth-order valence-corrected chi connectivity index (χ4v) is 1.95. The summed E-state index contributed by atoms with van der Waals surface area (Å²) in [6.45, 7) is 0.601. The molecule has 2 N–H and O–H groups in total. The molecule has 21 heavy (non-hydrogen) atoms. The molecule has 110 valence electrons. The molecular formula is C15H15FN2O3. The highest BCUT2D eigenvalue weighted by Gasteiger charge is 2.10. The quantitative estimate of drug-likeness (QED) is 0.655. The molecule has 0 aliphatic carbocycles. The average Bonchev–Trinajstić information content (AvgIpc) is 2.45. The van der Waals surface area contributed by atoms with E-state index in [2.05, 4.69) is 0 Å². The number of nitrogens with two attached hydrogens (primary N) is 1. The second-order valence-electron chi connectivity index (χ2n) is 4.55. The summed E-state index contributed by atoms with van der Waals surface area (Å²) in [5.74, 6) is -0.0347. The van der Waals surface area contributed by atoms with Gasteiger partial charge in [-0.1, -0.05) is 12.1 Å². The molecule has 5 nitrogen and oxygen atoms in total. The standard InChI is InChI=1S/C15H15FN2O3/c16-13-6-12(7-14(9-13)18(19)20)10-21-15-3-1-2-11(8-15)4-5-17/h1-3,6-9H,4-5,10,17H2. The summed E-state index contributed by atoms with van der Waals surface area (Å²) in [5.41, 5.74) is 6.65. The first-order valence-electron chi connectivity index (χ1n) is 6.44. The highest BCUT2D eigenvalue weighted by atomic mass is 19.1. The summed E-state index contributed by atoms with van der Waals surface area (Å²) in [4.78, 5) is 10.1. The van der Waals surface area contributed by atoms with Gasteiger partial charge in [-0.05, 0) is 42.3 Å². The van der Waals surface area contributed by atoms with E-state index in [-0.39, 0.29) is 12.3 Å². The van der Waals surface area contributed by atoms with Gasteiger partial charge in [-0.2, -0.15) is 0 Å². The van der Waals surface area contributed by atoms with Crippen molar-refractivity contribution in [3.8, 4) is 5.75 Å². The van der Waals surface area contributed by atoms with Crippen LogP contribution in [0, 0.1) is 15.9 Å². The van der Waals surface area contributed by atoms with Crippen LogP contribution in [0.3, 0.4) is 0 Å². The zero-order valence-electron chi connectivity index (χ0n) is 11.3. The second kappa shape index (κ2) is 6.81. The predicted molar refractivity (Wildman–Crippen MR) is 76.6 cm³/mol. The molecule has 0 heterocycles. The summed E-state index contributed by atoms with van der Waals surface area (Å²) < 4.78 is 18.8. The van der Waals surface area contributed by atoms with Gasteiger partial charge >= 0.3 is 0 Å². The number of hydrogen-bond acceptors (Lipinski definition) is 4. The summed E-state index contributed by atoms with van der Waals surface area (Å²) in [7, 11) is 0. The molecule has 0 bridgehead atoms. The molecule has 2 aromatic rings. The van der Waals surface area contributed by atoms with E-state index >= 15 is 0 Å². The molecule has 0 radical (unpaired) electrons. The van der Waals surface area contributed by atoms with Crippen LogP contribution in [-0.4, -0.2) is 11.5 Å². The average molecular weight is 290 g/mol. The SMILES string of the molecule is NCCc1cccc(OCc2cc(F)cc([N+](=O)[O-])c2)c1. The van der Waals surface area contributed by atoms with Crippen LogP contribution in [0.15, 0.2) is 42.5 Å². The van der Waals surface area contributed by atoms with Gasteiger partial charge in [0.15, 0.2) is 0 Å². The van der Waals surface area contributed by atoms with E-state index < -0.39 is 10.7 Å². The summed E-state index contributed by atoms with van der Waals surface area (Å²) in [6.07, 6.45) is 0.739. The molecule has 0 fully saturated rings. The number of ether oxygens (including phenoxy) is 1. The Kier molecular flexibility index (Phi) is 4.84. The van der Waals surface area contributed by atoms with Gasteiger partial charge in [-0.3, -0.25) is 10.1 Å². The van der Waals surface area contributed by atoms with Gasteiger partial charge in [-0.15, -0.1) is 0 Å². The van der Waals surface area contributed by atoms with Crippen LogP contribution in [0.1, 0.15) is 11.1 Å². The first-order chi connectivity index (χ1) is 10.1. The van der Waals surface area contributed by atoms with E-state index in [1.54, 1.807) is 6.07 Å².